The quantitative estimate of drug-likeness (QED) is 0.916. The van der Waals surface area contributed by atoms with E-state index in [1.54, 1.807) is 6.20 Å². The number of halogens is 1. The molecule has 1 aliphatic heterocycles. The van der Waals surface area contributed by atoms with E-state index in [1.807, 2.05) is 6.07 Å². The summed E-state index contributed by atoms with van der Waals surface area (Å²) in [5.74, 6) is 1.72. The Balaban J connectivity index is 2.05. The Labute approximate surface area is 120 Å². The molecule has 106 valence electrons. The van der Waals surface area contributed by atoms with Crippen LogP contribution in [0.4, 0.5) is 5.82 Å². The lowest BCUT2D eigenvalue weighted by Crippen LogP contribution is -2.25. The van der Waals surface area contributed by atoms with Gasteiger partial charge in [0.25, 0.3) is 0 Å². The third kappa shape index (κ3) is 3.83. The van der Waals surface area contributed by atoms with Gasteiger partial charge in [0.15, 0.2) is 0 Å². The van der Waals surface area contributed by atoms with E-state index in [0.717, 1.165) is 30.4 Å². The summed E-state index contributed by atoms with van der Waals surface area (Å²) in [5.41, 5.74) is 0.771. The molecule has 1 atom stereocenters. The third-order valence-electron chi connectivity index (χ3n) is 3.91. The number of hydrogen-bond donors (Lipinski definition) is 1. The zero-order valence-corrected chi connectivity index (χ0v) is 12.4. The van der Waals surface area contributed by atoms with Crippen molar-refractivity contribution in [1.82, 2.24) is 4.98 Å². The predicted molar refractivity (Wildman–Crippen MR) is 79.6 cm³/mol. The van der Waals surface area contributed by atoms with E-state index in [-0.39, 0.29) is 6.61 Å². The fraction of sp³-hybridized carbons (Fsp3) is 0.667. The Morgan fingerprint density at radius 3 is 2.95 bits per heavy atom. The molecule has 0 saturated carbocycles. The molecule has 0 aliphatic carbocycles. The van der Waals surface area contributed by atoms with Crippen LogP contribution in [0.5, 0.6) is 0 Å². The zero-order chi connectivity index (χ0) is 13.7. The van der Waals surface area contributed by atoms with E-state index in [4.69, 9.17) is 16.7 Å². The Morgan fingerprint density at radius 2 is 2.26 bits per heavy atom. The van der Waals surface area contributed by atoms with Crippen molar-refractivity contribution in [3.8, 4) is 0 Å². The number of nitrogens with zero attached hydrogens (tertiary/aromatic N) is 2. The topological polar surface area (TPSA) is 36.4 Å². The van der Waals surface area contributed by atoms with Crippen LogP contribution < -0.4 is 4.90 Å². The van der Waals surface area contributed by atoms with E-state index in [0.29, 0.717) is 5.02 Å². The first-order valence-corrected chi connectivity index (χ1v) is 7.62. The van der Waals surface area contributed by atoms with E-state index in [9.17, 15) is 0 Å². The van der Waals surface area contributed by atoms with Crippen LogP contribution in [0.1, 0.15) is 44.6 Å². The van der Waals surface area contributed by atoms with E-state index in [2.05, 4.69) is 16.8 Å². The molecule has 3 nitrogen and oxygen atoms in total. The molecule has 2 heterocycles. The van der Waals surface area contributed by atoms with Crippen molar-refractivity contribution in [2.45, 2.75) is 45.6 Å². The van der Waals surface area contributed by atoms with Crippen molar-refractivity contribution < 1.29 is 5.11 Å². The van der Waals surface area contributed by atoms with Crippen molar-refractivity contribution in [2.75, 3.05) is 18.0 Å². The maximum absolute atomic E-state index is 9.09. The van der Waals surface area contributed by atoms with Crippen LogP contribution in [-0.2, 0) is 6.61 Å². The van der Waals surface area contributed by atoms with Crippen LogP contribution in [-0.4, -0.2) is 23.2 Å². The molecule has 1 aromatic rings. The van der Waals surface area contributed by atoms with Crippen LogP contribution >= 0.6 is 11.6 Å². The first kappa shape index (κ1) is 14.6. The first-order valence-electron chi connectivity index (χ1n) is 7.24. The predicted octanol–water partition coefficient (Wildman–Crippen LogP) is 3.63. The summed E-state index contributed by atoms with van der Waals surface area (Å²) in [5, 5.41) is 9.74. The second-order valence-corrected chi connectivity index (χ2v) is 5.79. The largest absolute Gasteiger partial charge is 0.392 e. The summed E-state index contributed by atoms with van der Waals surface area (Å²) in [4.78, 5) is 6.71. The normalized spacial score (nSPS) is 20.4. The molecule has 0 amide bonds. The number of rotatable bonds is 4. The highest BCUT2D eigenvalue weighted by Gasteiger charge is 2.19. The van der Waals surface area contributed by atoms with Gasteiger partial charge in [-0.05, 0) is 36.8 Å². The maximum atomic E-state index is 9.09. The van der Waals surface area contributed by atoms with Crippen LogP contribution in [0.2, 0.25) is 5.02 Å². The van der Waals surface area contributed by atoms with Crippen molar-refractivity contribution in [3.63, 3.8) is 0 Å². The van der Waals surface area contributed by atoms with Gasteiger partial charge < -0.3 is 10.0 Å². The van der Waals surface area contributed by atoms with Gasteiger partial charge in [-0.3, -0.25) is 0 Å². The van der Waals surface area contributed by atoms with Gasteiger partial charge in [-0.2, -0.15) is 0 Å². The molecular formula is C15H23ClN2O. The van der Waals surface area contributed by atoms with E-state index >= 15 is 0 Å². The standard InChI is InChI=1S/C15H23ClN2O/c1-2-4-12-5-3-7-18(8-6-12)15-14(16)9-13(11-19)10-17-15/h9-10,12,19H,2-8,11H2,1H3. The average Bonchev–Trinajstić information content (AvgIpc) is 2.65. The molecule has 1 unspecified atom stereocenters. The van der Waals surface area contributed by atoms with E-state index < -0.39 is 0 Å². The molecule has 1 N–H and O–H groups in total. The van der Waals surface area contributed by atoms with Crippen LogP contribution in [0, 0.1) is 5.92 Å². The molecule has 0 radical (unpaired) electrons. The number of aliphatic hydroxyl groups excluding tert-OH is 1. The fourth-order valence-corrected chi connectivity index (χ4v) is 3.17. The van der Waals surface area contributed by atoms with Gasteiger partial charge in [-0.15, -0.1) is 0 Å². The smallest absolute Gasteiger partial charge is 0.147 e. The third-order valence-corrected chi connectivity index (χ3v) is 4.18. The molecule has 1 aliphatic rings. The molecular weight excluding hydrogens is 260 g/mol. The van der Waals surface area contributed by atoms with Gasteiger partial charge in [-0.1, -0.05) is 31.4 Å². The molecule has 1 saturated heterocycles. The molecule has 2 rings (SSSR count). The van der Waals surface area contributed by atoms with Crippen molar-refractivity contribution in [2.24, 2.45) is 5.92 Å². The number of aromatic nitrogens is 1. The molecule has 0 bridgehead atoms. The summed E-state index contributed by atoms with van der Waals surface area (Å²) in [6, 6.07) is 1.82. The highest BCUT2D eigenvalue weighted by Crippen LogP contribution is 2.29. The zero-order valence-electron chi connectivity index (χ0n) is 11.6. The lowest BCUT2D eigenvalue weighted by atomic mass is 9.96. The van der Waals surface area contributed by atoms with Gasteiger partial charge in [0.1, 0.15) is 5.82 Å². The van der Waals surface area contributed by atoms with Crippen LogP contribution in [0.3, 0.4) is 0 Å². The van der Waals surface area contributed by atoms with Crippen molar-refractivity contribution in [1.29, 1.82) is 0 Å². The number of anilines is 1. The minimum Gasteiger partial charge on any atom is -0.392 e. The molecule has 1 aromatic heterocycles. The van der Waals surface area contributed by atoms with Gasteiger partial charge in [0, 0.05) is 19.3 Å². The lowest BCUT2D eigenvalue weighted by molar-refractivity contribution is 0.281. The Hall–Kier alpha value is -0.800. The Morgan fingerprint density at radius 1 is 1.42 bits per heavy atom. The van der Waals surface area contributed by atoms with Gasteiger partial charge in [-0.25, -0.2) is 4.98 Å². The maximum Gasteiger partial charge on any atom is 0.147 e. The SMILES string of the molecule is CCCC1CCCN(c2ncc(CO)cc2Cl)CC1. The van der Waals surface area contributed by atoms with Crippen molar-refractivity contribution >= 4 is 17.4 Å². The van der Waals surface area contributed by atoms with Crippen LogP contribution in [0.15, 0.2) is 12.3 Å². The second kappa shape index (κ2) is 7.11. The molecule has 19 heavy (non-hydrogen) atoms. The second-order valence-electron chi connectivity index (χ2n) is 5.38. The number of hydrogen-bond acceptors (Lipinski definition) is 3. The van der Waals surface area contributed by atoms with Crippen LogP contribution in [0.25, 0.3) is 0 Å². The minimum absolute atomic E-state index is 0.00836. The summed E-state index contributed by atoms with van der Waals surface area (Å²) in [6.45, 7) is 4.32. The number of pyridine rings is 1. The Bertz CT molecular complexity index is 411. The Kier molecular flexibility index (Phi) is 5.46. The summed E-state index contributed by atoms with van der Waals surface area (Å²) < 4.78 is 0. The van der Waals surface area contributed by atoms with Gasteiger partial charge >= 0.3 is 0 Å². The monoisotopic (exact) mass is 282 g/mol. The first-order chi connectivity index (χ1) is 9.24. The van der Waals surface area contributed by atoms with Gasteiger partial charge in [0.2, 0.25) is 0 Å². The summed E-state index contributed by atoms with van der Waals surface area (Å²) in [6.07, 6.45) is 8.08. The molecule has 4 heteroatoms. The summed E-state index contributed by atoms with van der Waals surface area (Å²) >= 11 is 6.28. The highest BCUT2D eigenvalue weighted by molar-refractivity contribution is 6.33. The molecule has 0 aromatic carbocycles. The molecule has 1 fully saturated rings. The minimum atomic E-state index is -0.00836. The number of aliphatic hydroxyl groups is 1. The highest BCUT2D eigenvalue weighted by atomic mass is 35.5. The lowest BCUT2D eigenvalue weighted by Gasteiger charge is -2.23. The average molecular weight is 283 g/mol. The van der Waals surface area contributed by atoms with Gasteiger partial charge in [0.05, 0.1) is 11.6 Å². The van der Waals surface area contributed by atoms with Crippen molar-refractivity contribution in [3.05, 3.63) is 22.8 Å². The molecule has 0 spiro atoms. The van der Waals surface area contributed by atoms with E-state index in [1.165, 1.54) is 32.1 Å². The summed E-state index contributed by atoms with van der Waals surface area (Å²) in [7, 11) is 0. The fourth-order valence-electron chi connectivity index (χ4n) is 2.86.